The minimum atomic E-state index is 0.260. The maximum absolute atomic E-state index is 3.46. The summed E-state index contributed by atoms with van der Waals surface area (Å²) in [5, 5.41) is 4.10. The summed E-state index contributed by atoms with van der Waals surface area (Å²) < 4.78 is 0. The van der Waals surface area contributed by atoms with Crippen molar-refractivity contribution in [3.05, 3.63) is 35.4 Å². The highest BCUT2D eigenvalue weighted by Gasteiger charge is 2.17. The van der Waals surface area contributed by atoms with Gasteiger partial charge in [0.2, 0.25) is 0 Å². The normalized spacial score (nSPS) is 22.1. The van der Waals surface area contributed by atoms with E-state index in [1.54, 1.807) is 0 Å². The summed E-state index contributed by atoms with van der Waals surface area (Å²) in [6, 6.07) is 9.16. The number of hydrogen-bond acceptors (Lipinski definition) is 2. The summed E-state index contributed by atoms with van der Waals surface area (Å²) in [5.74, 6) is 1.23. The molecule has 1 saturated heterocycles. The average molecular weight is 235 g/mol. The van der Waals surface area contributed by atoms with Crippen LogP contribution >= 0.6 is 11.8 Å². The van der Waals surface area contributed by atoms with Gasteiger partial charge in [0, 0.05) is 24.1 Å². The molecule has 1 aromatic rings. The first kappa shape index (κ1) is 12.0. The molecule has 1 heterocycles. The van der Waals surface area contributed by atoms with Gasteiger partial charge in [-0.25, -0.2) is 0 Å². The molecule has 1 atom stereocenters. The van der Waals surface area contributed by atoms with Crippen molar-refractivity contribution in [3.63, 3.8) is 0 Å². The van der Waals surface area contributed by atoms with E-state index in [2.05, 4.69) is 62.1 Å². The molecule has 0 saturated carbocycles. The highest BCUT2D eigenvalue weighted by Crippen LogP contribution is 2.31. The van der Waals surface area contributed by atoms with Crippen molar-refractivity contribution in [2.45, 2.75) is 31.4 Å². The van der Waals surface area contributed by atoms with Crippen LogP contribution in [0.4, 0.5) is 0 Å². The molecule has 1 nitrogen and oxygen atoms in total. The van der Waals surface area contributed by atoms with Gasteiger partial charge in [0.15, 0.2) is 0 Å². The summed E-state index contributed by atoms with van der Waals surface area (Å²) in [7, 11) is 0. The fourth-order valence-electron chi connectivity index (χ4n) is 1.98. The zero-order chi connectivity index (χ0) is 11.6. The van der Waals surface area contributed by atoms with Crippen LogP contribution in [0.5, 0.6) is 0 Å². The Morgan fingerprint density at radius 1 is 1.19 bits per heavy atom. The topological polar surface area (TPSA) is 12.0 Å². The van der Waals surface area contributed by atoms with Gasteiger partial charge in [-0.2, -0.15) is 11.8 Å². The fraction of sp³-hybridized carbons (Fsp3) is 0.571. The predicted octanol–water partition coefficient (Wildman–Crippen LogP) is 3.36. The van der Waals surface area contributed by atoms with Crippen LogP contribution in [0.15, 0.2) is 24.3 Å². The molecule has 1 aromatic carbocycles. The quantitative estimate of drug-likeness (QED) is 0.801. The van der Waals surface area contributed by atoms with E-state index in [4.69, 9.17) is 0 Å². The van der Waals surface area contributed by atoms with E-state index < -0.39 is 0 Å². The fourth-order valence-corrected chi connectivity index (χ4v) is 3.11. The molecule has 88 valence electrons. The summed E-state index contributed by atoms with van der Waals surface area (Å²) >= 11 is 2.07. The van der Waals surface area contributed by atoms with Gasteiger partial charge in [-0.1, -0.05) is 45.0 Å². The molecule has 0 aliphatic carbocycles. The van der Waals surface area contributed by atoms with E-state index in [0.717, 1.165) is 13.1 Å². The zero-order valence-corrected chi connectivity index (χ0v) is 11.2. The van der Waals surface area contributed by atoms with Gasteiger partial charge in [0.05, 0.1) is 0 Å². The van der Waals surface area contributed by atoms with Crippen LogP contribution in [-0.4, -0.2) is 18.8 Å². The van der Waals surface area contributed by atoms with Crippen molar-refractivity contribution in [2.24, 2.45) is 0 Å². The zero-order valence-electron chi connectivity index (χ0n) is 10.4. The Hall–Kier alpha value is -0.470. The van der Waals surface area contributed by atoms with Gasteiger partial charge >= 0.3 is 0 Å². The Bertz CT molecular complexity index is 331. The van der Waals surface area contributed by atoms with Gasteiger partial charge in [-0.05, 0) is 16.5 Å². The maximum Gasteiger partial charge on any atom is 0.0422 e. The molecule has 1 fully saturated rings. The summed E-state index contributed by atoms with van der Waals surface area (Å²) in [5.41, 5.74) is 3.14. The van der Waals surface area contributed by atoms with Crippen LogP contribution in [0.3, 0.4) is 0 Å². The minimum absolute atomic E-state index is 0.260. The Balaban J connectivity index is 2.12. The van der Waals surface area contributed by atoms with Gasteiger partial charge in [0.25, 0.3) is 0 Å². The smallest absolute Gasteiger partial charge is 0.0422 e. The molecular formula is C14H21NS. The first-order valence-corrected chi connectivity index (χ1v) is 7.05. The second-order valence-electron chi connectivity index (χ2n) is 5.44. The highest BCUT2D eigenvalue weighted by atomic mass is 32.2. The van der Waals surface area contributed by atoms with E-state index >= 15 is 0 Å². The molecule has 0 amide bonds. The SMILES string of the molecule is CC(C)(C)c1ccc(C2CNCCS2)cc1. The number of rotatable bonds is 1. The van der Waals surface area contributed by atoms with Crippen molar-refractivity contribution in [2.75, 3.05) is 18.8 Å². The van der Waals surface area contributed by atoms with Crippen LogP contribution in [0.25, 0.3) is 0 Å². The molecule has 1 unspecified atom stereocenters. The molecule has 2 rings (SSSR count). The molecule has 0 radical (unpaired) electrons. The molecule has 16 heavy (non-hydrogen) atoms. The van der Waals surface area contributed by atoms with Crippen LogP contribution in [0.1, 0.15) is 37.1 Å². The lowest BCUT2D eigenvalue weighted by atomic mass is 9.86. The van der Waals surface area contributed by atoms with Crippen molar-refractivity contribution < 1.29 is 0 Å². The Labute approximate surface area is 103 Å². The van der Waals surface area contributed by atoms with Crippen molar-refractivity contribution in [3.8, 4) is 0 Å². The molecular weight excluding hydrogens is 214 g/mol. The van der Waals surface area contributed by atoms with Crippen molar-refractivity contribution in [1.82, 2.24) is 5.32 Å². The lowest BCUT2D eigenvalue weighted by Crippen LogP contribution is -2.28. The van der Waals surface area contributed by atoms with E-state index in [1.165, 1.54) is 16.9 Å². The second kappa shape index (κ2) is 4.80. The first-order valence-electron chi connectivity index (χ1n) is 6.00. The third kappa shape index (κ3) is 2.80. The van der Waals surface area contributed by atoms with Crippen molar-refractivity contribution in [1.29, 1.82) is 0 Å². The number of nitrogens with one attached hydrogen (secondary N) is 1. The summed E-state index contributed by atoms with van der Waals surface area (Å²) in [4.78, 5) is 0. The Morgan fingerprint density at radius 3 is 2.38 bits per heavy atom. The van der Waals surface area contributed by atoms with Crippen molar-refractivity contribution >= 4 is 11.8 Å². The molecule has 1 aliphatic heterocycles. The molecule has 2 heteroatoms. The largest absolute Gasteiger partial charge is 0.314 e. The summed E-state index contributed by atoms with van der Waals surface area (Å²) in [6.07, 6.45) is 0. The highest BCUT2D eigenvalue weighted by molar-refractivity contribution is 7.99. The van der Waals surface area contributed by atoms with E-state index in [-0.39, 0.29) is 5.41 Å². The molecule has 1 aliphatic rings. The lowest BCUT2D eigenvalue weighted by Gasteiger charge is -2.24. The van der Waals surface area contributed by atoms with Gasteiger partial charge in [0.1, 0.15) is 0 Å². The maximum atomic E-state index is 3.46. The molecule has 0 spiro atoms. The minimum Gasteiger partial charge on any atom is -0.314 e. The second-order valence-corrected chi connectivity index (χ2v) is 6.75. The van der Waals surface area contributed by atoms with Gasteiger partial charge in [-0.3, -0.25) is 0 Å². The predicted molar refractivity (Wildman–Crippen MR) is 73.2 cm³/mol. The third-order valence-corrected chi connectivity index (χ3v) is 4.36. The van der Waals surface area contributed by atoms with Gasteiger partial charge < -0.3 is 5.32 Å². The van der Waals surface area contributed by atoms with E-state index in [0.29, 0.717) is 5.25 Å². The monoisotopic (exact) mass is 235 g/mol. The molecule has 1 N–H and O–H groups in total. The van der Waals surface area contributed by atoms with Crippen LogP contribution in [0.2, 0.25) is 0 Å². The Kier molecular flexibility index (Phi) is 3.60. The van der Waals surface area contributed by atoms with Crippen LogP contribution < -0.4 is 5.32 Å². The third-order valence-electron chi connectivity index (χ3n) is 3.08. The molecule has 0 aromatic heterocycles. The van der Waals surface area contributed by atoms with Gasteiger partial charge in [-0.15, -0.1) is 0 Å². The standard InChI is InChI=1S/C14H21NS/c1-14(2,3)12-6-4-11(5-7-12)13-10-15-8-9-16-13/h4-7,13,15H,8-10H2,1-3H3. The van der Waals surface area contributed by atoms with E-state index in [9.17, 15) is 0 Å². The molecule has 0 bridgehead atoms. The number of hydrogen-bond donors (Lipinski definition) is 1. The van der Waals surface area contributed by atoms with Crippen LogP contribution in [0, 0.1) is 0 Å². The lowest BCUT2D eigenvalue weighted by molar-refractivity contribution is 0.589. The van der Waals surface area contributed by atoms with Crippen LogP contribution in [-0.2, 0) is 5.41 Å². The van der Waals surface area contributed by atoms with E-state index in [1.807, 2.05) is 0 Å². The number of thioether (sulfide) groups is 1. The first-order chi connectivity index (χ1) is 7.57. The Morgan fingerprint density at radius 2 is 1.88 bits per heavy atom. The summed E-state index contributed by atoms with van der Waals surface area (Å²) in [6.45, 7) is 9.05. The number of benzene rings is 1. The average Bonchev–Trinajstić information content (AvgIpc) is 2.29.